The second kappa shape index (κ2) is 10.6. The van der Waals surface area contributed by atoms with Crippen LogP contribution in [0, 0.1) is 0 Å². The van der Waals surface area contributed by atoms with E-state index in [1.54, 1.807) is 6.92 Å². The number of esters is 1. The van der Waals surface area contributed by atoms with Crippen LogP contribution >= 0.6 is 0 Å². The number of unbranched alkanes of at least 4 members (excludes halogenated alkanes) is 3. The summed E-state index contributed by atoms with van der Waals surface area (Å²) in [5, 5.41) is 2.64. The summed E-state index contributed by atoms with van der Waals surface area (Å²) in [5.41, 5.74) is 0. The predicted octanol–water partition coefficient (Wildman–Crippen LogP) is 2.41. The fourth-order valence-corrected chi connectivity index (χ4v) is 1.27. The van der Waals surface area contributed by atoms with Gasteiger partial charge in [0.2, 0.25) is 0 Å². The minimum Gasteiger partial charge on any atom is -0.456 e. The van der Waals surface area contributed by atoms with Crippen molar-refractivity contribution in [3.05, 3.63) is 12.7 Å². The number of ether oxygens (including phenoxy) is 2. The molecule has 0 aliphatic rings. The molecular weight excluding hydrogens is 234 g/mol. The van der Waals surface area contributed by atoms with Crippen molar-refractivity contribution in [2.24, 2.45) is 0 Å². The van der Waals surface area contributed by atoms with Gasteiger partial charge >= 0.3 is 12.1 Å². The van der Waals surface area contributed by atoms with Gasteiger partial charge in [-0.3, -0.25) is 0 Å². The van der Waals surface area contributed by atoms with Crippen LogP contribution in [0.3, 0.4) is 0 Å². The van der Waals surface area contributed by atoms with Crippen LogP contribution in [-0.4, -0.2) is 31.3 Å². The average molecular weight is 257 g/mol. The highest BCUT2D eigenvalue weighted by Crippen LogP contribution is 1.98. The molecule has 0 aliphatic heterocycles. The van der Waals surface area contributed by atoms with Crippen molar-refractivity contribution in [1.82, 2.24) is 5.32 Å². The Kier molecular flexibility index (Phi) is 9.73. The smallest absolute Gasteiger partial charge is 0.407 e. The molecule has 0 aromatic carbocycles. The van der Waals surface area contributed by atoms with Crippen LogP contribution in [0.5, 0.6) is 0 Å². The lowest BCUT2D eigenvalue weighted by molar-refractivity contribution is -0.143. The van der Waals surface area contributed by atoms with E-state index in [4.69, 9.17) is 9.47 Å². The zero-order chi connectivity index (χ0) is 13.8. The molecule has 0 heterocycles. The molecule has 0 saturated carbocycles. The molecule has 0 fully saturated rings. The Morgan fingerprint density at radius 3 is 2.67 bits per heavy atom. The van der Waals surface area contributed by atoms with Gasteiger partial charge < -0.3 is 14.8 Å². The minimum atomic E-state index is -0.522. The number of nitrogens with one attached hydrogen (secondary N) is 1. The highest BCUT2D eigenvalue weighted by atomic mass is 16.6. The topological polar surface area (TPSA) is 64.6 Å². The van der Waals surface area contributed by atoms with Crippen molar-refractivity contribution in [2.45, 2.75) is 45.6 Å². The van der Waals surface area contributed by atoms with E-state index in [-0.39, 0.29) is 6.61 Å². The SMILES string of the molecule is C=CC(=O)OC(C)COC(=O)NCCCCCC. The van der Waals surface area contributed by atoms with Crippen LogP contribution in [0.4, 0.5) is 4.79 Å². The van der Waals surface area contributed by atoms with Gasteiger partial charge in [-0.15, -0.1) is 0 Å². The summed E-state index contributed by atoms with van der Waals surface area (Å²) in [4.78, 5) is 22.1. The molecule has 5 nitrogen and oxygen atoms in total. The van der Waals surface area contributed by atoms with Gasteiger partial charge in [0.15, 0.2) is 0 Å². The molecule has 0 rings (SSSR count). The van der Waals surface area contributed by atoms with Gasteiger partial charge in [-0.1, -0.05) is 32.8 Å². The van der Waals surface area contributed by atoms with Crippen molar-refractivity contribution < 1.29 is 19.1 Å². The highest BCUT2D eigenvalue weighted by molar-refractivity contribution is 5.81. The quantitative estimate of drug-likeness (QED) is 0.391. The number of rotatable bonds is 9. The molecule has 5 heteroatoms. The molecule has 0 aliphatic carbocycles. The van der Waals surface area contributed by atoms with E-state index in [0.29, 0.717) is 6.54 Å². The van der Waals surface area contributed by atoms with Crippen molar-refractivity contribution in [1.29, 1.82) is 0 Å². The highest BCUT2D eigenvalue weighted by Gasteiger charge is 2.09. The summed E-state index contributed by atoms with van der Waals surface area (Å²) in [6, 6.07) is 0. The number of hydrogen-bond acceptors (Lipinski definition) is 4. The standard InChI is InChI=1S/C13H23NO4/c1-4-6-7-8-9-14-13(16)17-10-11(3)18-12(15)5-2/h5,11H,2,4,6-10H2,1,3H3,(H,14,16). The fraction of sp³-hybridized carbons (Fsp3) is 0.692. The Balaban J connectivity index is 3.51. The van der Waals surface area contributed by atoms with Crippen LogP contribution < -0.4 is 5.32 Å². The van der Waals surface area contributed by atoms with Crippen LogP contribution in [0.2, 0.25) is 0 Å². The molecule has 18 heavy (non-hydrogen) atoms. The molecule has 0 aromatic heterocycles. The summed E-state index contributed by atoms with van der Waals surface area (Å²) in [6.07, 6.45) is 4.51. The predicted molar refractivity (Wildman–Crippen MR) is 69.2 cm³/mol. The maximum Gasteiger partial charge on any atom is 0.407 e. The third-order valence-corrected chi connectivity index (χ3v) is 2.23. The second-order valence-corrected chi connectivity index (χ2v) is 4.04. The molecule has 0 radical (unpaired) electrons. The molecule has 1 N–H and O–H groups in total. The van der Waals surface area contributed by atoms with Crippen molar-refractivity contribution in [3.63, 3.8) is 0 Å². The van der Waals surface area contributed by atoms with E-state index < -0.39 is 18.2 Å². The number of carbonyl (C=O) groups excluding carboxylic acids is 2. The van der Waals surface area contributed by atoms with Gasteiger partial charge in [0.1, 0.15) is 12.7 Å². The first kappa shape index (κ1) is 16.5. The molecule has 0 bridgehead atoms. The maximum absolute atomic E-state index is 11.2. The van der Waals surface area contributed by atoms with Gasteiger partial charge in [0.25, 0.3) is 0 Å². The number of carbonyl (C=O) groups is 2. The number of amides is 1. The van der Waals surface area contributed by atoms with Gasteiger partial charge in [-0.25, -0.2) is 9.59 Å². The Morgan fingerprint density at radius 2 is 2.06 bits per heavy atom. The van der Waals surface area contributed by atoms with Crippen LogP contribution in [0.1, 0.15) is 39.5 Å². The zero-order valence-electron chi connectivity index (χ0n) is 11.2. The van der Waals surface area contributed by atoms with Crippen LogP contribution in [0.25, 0.3) is 0 Å². The normalized spacial score (nSPS) is 11.4. The zero-order valence-corrected chi connectivity index (χ0v) is 11.2. The first-order valence-electron chi connectivity index (χ1n) is 6.33. The fourth-order valence-electron chi connectivity index (χ4n) is 1.27. The van der Waals surface area contributed by atoms with E-state index in [9.17, 15) is 9.59 Å². The van der Waals surface area contributed by atoms with Crippen LogP contribution in [0.15, 0.2) is 12.7 Å². The summed E-state index contributed by atoms with van der Waals surface area (Å²) in [5.74, 6) is -0.522. The Hall–Kier alpha value is -1.52. The van der Waals surface area contributed by atoms with Gasteiger partial charge in [0, 0.05) is 12.6 Å². The first-order chi connectivity index (χ1) is 8.60. The molecule has 1 unspecified atom stereocenters. The third kappa shape index (κ3) is 9.69. The molecule has 0 saturated heterocycles. The van der Waals surface area contributed by atoms with Crippen molar-refractivity contribution in [2.75, 3.05) is 13.2 Å². The second-order valence-electron chi connectivity index (χ2n) is 4.04. The lowest BCUT2D eigenvalue weighted by Gasteiger charge is -2.12. The molecule has 1 atom stereocenters. The molecule has 0 spiro atoms. The number of hydrogen-bond donors (Lipinski definition) is 1. The lowest BCUT2D eigenvalue weighted by Crippen LogP contribution is -2.29. The Bertz CT molecular complexity index is 266. The van der Waals surface area contributed by atoms with Crippen molar-refractivity contribution in [3.8, 4) is 0 Å². The molecule has 104 valence electrons. The van der Waals surface area contributed by atoms with E-state index in [2.05, 4.69) is 18.8 Å². The summed E-state index contributed by atoms with van der Waals surface area (Å²) in [7, 11) is 0. The molecule has 1 amide bonds. The van der Waals surface area contributed by atoms with Gasteiger partial charge in [0.05, 0.1) is 0 Å². The molecule has 0 aromatic rings. The van der Waals surface area contributed by atoms with E-state index >= 15 is 0 Å². The van der Waals surface area contributed by atoms with E-state index in [1.807, 2.05) is 0 Å². The van der Waals surface area contributed by atoms with Crippen LogP contribution in [-0.2, 0) is 14.3 Å². The van der Waals surface area contributed by atoms with Gasteiger partial charge in [-0.2, -0.15) is 0 Å². The summed E-state index contributed by atoms with van der Waals surface area (Å²) < 4.78 is 9.74. The lowest BCUT2D eigenvalue weighted by atomic mass is 10.2. The third-order valence-electron chi connectivity index (χ3n) is 2.23. The van der Waals surface area contributed by atoms with E-state index in [1.165, 1.54) is 6.42 Å². The first-order valence-corrected chi connectivity index (χ1v) is 6.33. The number of alkyl carbamates (subject to hydrolysis) is 1. The summed E-state index contributed by atoms with van der Waals surface area (Å²) >= 11 is 0. The van der Waals surface area contributed by atoms with Crippen molar-refractivity contribution >= 4 is 12.1 Å². The largest absolute Gasteiger partial charge is 0.456 e. The maximum atomic E-state index is 11.2. The summed E-state index contributed by atoms with van der Waals surface area (Å²) in [6.45, 7) is 7.71. The minimum absolute atomic E-state index is 0.0420. The Morgan fingerprint density at radius 1 is 1.33 bits per heavy atom. The van der Waals surface area contributed by atoms with Gasteiger partial charge in [-0.05, 0) is 13.3 Å². The molecular formula is C13H23NO4. The van der Waals surface area contributed by atoms with E-state index in [0.717, 1.165) is 25.3 Å². The average Bonchev–Trinajstić information content (AvgIpc) is 2.36. The Labute approximate surface area is 109 Å². The monoisotopic (exact) mass is 257 g/mol.